The van der Waals surface area contributed by atoms with Gasteiger partial charge in [0, 0.05) is 6.42 Å². The molecule has 144 valence electrons. The maximum absolute atomic E-state index is 12.6. The molecule has 2 heterocycles. The normalized spacial score (nSPS) is 11.9. The van der Waals surface area contributed by atoms with Gasteiger partial charge >= 0.3 is 0 Å². The molecule has 27 heavy (non-hydrogen) atoms. The van der Waals surface area contributed by atoms with Crippen molar-refractivity contribution in [3.63, 3.8) is 0 Å². The predicted molar refractivity (Wildman–Crippen MR) is 100 cm³/mol. The number of H-pyrrole nitrogens is 1. The van der Waals surface area contributed by atoms with Gasteiger partial charge in [-0.3, -0.25) is 4.79 Å². The maximum Gasteiger partial charge on any atom is 0.277 e. The third-order valence-electron chi connectivity index (χ3n) is 4.05. The van der Waals surface area contributed by atoms with Crippen molar-refractivity contribution in [2.75, 3.05) is 6.61 Å². The molecule has 0 bridgehead atoms. The first-order valence-corrected chi connectivity index (χ1v) is 10.1. The molecular weight excluding hydrogens is 372 g/mol. The third-order valence-corrected chi connectivity index (χ3v) is 4.96. The van der Waals surface area contributed by atoms with E-state index in [1.165, 1.54) is 22.7 Å². The summed E-state index contributed by atoms with van der Waals surface area (Å²) in [6.07, 6.45) is 1.49. The van der Waals surface area contributed by atoms with Crippen LogP contribution in [0.1, 0.15) is 31.8 Å². The number of imidazole rings is 1. The van der Waals surface area contributed by atoms with Crippen molar-refractivity contribution in [1.82, 2.24) is 19.6 Å². The van der Waals surface area contributed by atoms with Gasteiger partial charge in [-0.1, -0.05) is 6.92 Å². The number of nitrogens with one attached hydrogen (secondary N) is 1. The highest BCUT2D eigenvalue weighted by atomic mass is 32.2. The van der Waals surface area contributed by atoms with E-state index >= 15 is 0 Å². The SMILES string of the molecule is CCCc1nc(C)c2c(=O)[nH][14c](-c3cc(S(N)(=O)=O)ccc3OCC)nn12. The van der Waals surface area contributed by atoms with E-state index in [9.17, 15) is 13.2 Å². The van der Waals surface area contributed by atoms with Gasteiger partial charge in [-0.05, 0) is 38.5 Å². The molecule has 0 spiro atoms. The van der Waals surface area contributed by atoms with Gasteiger partial charge < -0.3 is 9.72 Å². The molecule has 3 N–H and O–H groups in total. The van der Waals surface area contributed by atoms with Crippen LogP contribution in [0.25, 0.3) is 16.9 Å². The predicted octanol–water partition coefficient (Wildman–Crippen LogP) is 1.39. The molecular formula is C17H21N5O4S. The second-order valence-corrected chi connectivity index (χ2v) is 7.62. The zero-order valence-corrected chi connectivity index (χ0v) is 16.1. The minimum Gasteiger partial charge on any atom is -0.493 e. The van der Waals surface area contributed by atoms with Crippen molar-refractivity contribution in [3.8, 4) is 17.1 Å². The van der Waals surface area contributed by atoms with Crippen LogP contribution in [0.5, 0.6) is 5.75 Å². The maximum atomic E-state index is 12.6. The highest BCUT2D eigenvalue weighted by Crippen LogP contribution is 2.30. The molecule has 10 heteroatoms. The highest BCUT2D eigenvalue weighted by Gasteiger charge is 2.19. The number of nitrogens with two attached hydrogens (primary N) is 1. The zero-order valence-electron chi connectivity index (χ0n) is 15.3. The number of benzene rings is 1. The molecule has 9 nitrogen and oxygen atoms in total. The summed E-state index contributed by atoms with van der Waals surface area (Å²) in [5, 5.41) is 9.73. The minimum atomic E-state index is -3.92. The van der Waals surface area contributed by atoms with E-state index in [2.05, 4.69) is 15.1 Å². The minimum absolute atomic E-state index is 0.0979. The summed E-state index contributed by atoms with van der Waals surface area (Å²) in [4.78, 5) is 19.6. The summed E-state index contributed by atoms with van der Waals surface area (Å²) >= 11 is 0. The number of hydrogen-bond donors (Lipinski definition) is 2. The smallest absolute Gasteiger partial charge is 0.277 e. The van der Waals surface area contributed by atoms with Crippen molar-refractivity contribution in [1.29, 1.82) is 0 Å². The lowest BCUT2D eigenvalue weighted by Gasteiger charge is -2.11. The fourth-order valence-electron chi connectivity index (χ4n) is 2.90. The van der Waals surface area contributed by atoms with E-state index in [1.54, 1.807) is 13.8 Å². The van der Waals surface area contributed by atoms with Crippen LogP contribution in [-0.4, -0.2) is 34.6 Å². The monoisotopic (exact) mass is 393 g/mol. The number of aromatic amines is 1. The molecule has 1 aromatic carbocycles. The first-order chi connectivity index (χ1) is 12.8. The Balaban J connectivity index is 2.31. The lowest BCUT2D eigenvalue weighted by Crippen LogP contribution is -2.16. The summed E-state index contributed by atoms with van der Waals surface area (Å²) in [6.45, 7) is 5.92. The molecule has 0 unspecified atom stereocenters. The zero-order chi connectivity index (χ0) is 19.8. The van der Waals surface area contributed by atoms with Crippen molar-refractivity contribution in [3.05, 3.63) is 40.1 Å². The van der Waals surface area contributed by atoms with Gasteiger partial charge in [-0.25, -0.2) is 23.1 Å². The Morgan fingerprint density at radius 2 is 2.07 bits per heavy atom. The Bertz CT molecular complexity index is 1160. The van der Waals surface area contributed by atoms with Crippen LogP contribution in [0.15, 0.2) is 27.9 Å². The molecule has 0 fully saturated rings. The molecule has 3 rings (SSSR count). The number of aryl methyl sites for hydroxylation is 2. The average Bonchev–Trinajstić information content (AvgIpc) is 2.91. The van der Waals surface area contributed by atoms with Crippen LogP contribution >= 0.6 is 0 Å². The van der Waals surface area contributed by atoms with Crippen LogP contribution in [0.4, 0.5) is 0 Å². The largest absolute Gasteiger partial charge is 0.493 e. The van der Waals surface area contributed by atoms with E-state index < -0.39 is 10.0 Å². The van der Waals surface area contributed by atoms with E-state index in [0.717, 1.165) is 6.42 Å². The third kappa shape index (κ3) is 3.58. The summed E-state index contributed by atoms with van der Waals surface area (Å²) in [6, 6.07) is 4.19. The van der Waals surface area contributed by atoms with Crippen LogP contribution < -0.4 is 15.4 Å². The quantitative estimate of drug-likeness (QED) is 0.650. The van der Waals surface area contributed by atoms with Gasteiger partial charge in [-0.15, -0.1) is 5.10 Å². The molecule has 3 aromatic rings. The average molecular weight is 393 g/mol. The van der Waals surface area contributed by atoms with Gasteiger partial charge in [0.2, 0.25) is 10.0 Å². The van der Waals surface area contributed by atoms with Crippen molar-refractivity contribution in [2.24, 2.45) is 5.14 Å². The summed E-state index contributed by atoms with van der Waals surface area (Å²) in [7, 11) is -3.92. The van der Waals surface area contributed by atoms with Gasteiger partial charge in [0.1, 0.15) is 11.6 Å². The first kappa shape index (κ1) is 19.1. The number of rotatable bonds is 6. The Hall–Kier alpha value is -2.72. The Morgan fingerprint density at radius 3 is 2.70 bits per heavy atom. The summed E-state index contributed by atoms with van der Waals surface area (Å²) < 4.78 is 30.6. The molecule has 0 atom stereocenters. The van der Waals surface area contributed by atoms with Crippen molar-refractivity contribution in [2.45, 2.75) is 38.5 Å². The Morgan fingerprint density at radius 1 is 1.33 bits per heavy atom. The van der Waals surface area contributed by atoms with E-state index in [4.69, 9.17) is 9.88 Å². The first-order valence-electron chi connectivity index (χ1n) is 8.54. The topological polar surface area (TPSA) is 132 Å². The second-order valence-electron chi connectivity index (χ2n) is 6.06. The number of aromatic nitrogens is 4. The van der Waals surface area contributed by atoms with Crippen molar-refractivity contribution >= 4 is 15.5 Å². The molecule has 0 aliphatic carbocycles. The number of nitrogens with zero attached hydrogens (tertiary/aromatic N) is 3. The van der Waals surface area contributed by atoms with Crippen molar-refractivity contribution < 1.29 is 13.2 Å². The number of primary sulfonamides is 1. The van der Waals surface area contributed by atoms with E-state index in [-0.39, 0.29) is 16.3 Å². The molecule has 0 aliphatic heterocycles. The molecule has 0 amide bonds. The molecule has 0 radical (unpaired) electrons. The molecule has 0 saturated carbocycles. The fourth-order valence-corrected chi connectivity index (χ4v) is 3.44. The van der Waals surface area contributed by atoms with Crippen LogP contribution in [0.3, 0.4) is 0 Å². The van der Waals surface area contributed by atoms with Gasteiger partial charge in [-0.2, -0.15) is 0 Å². The molecule has 2 aromatic heterocycles. The second kappa shape index (κ2) is 7.12. The van der Waals surface area contributed by atoms with Crippen LogP contribution in [0.2, 0.25) is 0 Å². The number of fused-ring (bicyclic) bond motifs is 1. The number of hydrogen-bond acceptors (Lipinski definition) is 6. The summed E-state index contributed by atoms with van der Waals surface area (Å²) in [5.74, 6) is 1.23. The van der Waals surface area contributed by atoms with Crippen LogP contribution in [0, 0.1) is 6.92 Å². The Labute approximate surface area is 156 Å². The lowest BCUT2D eigenvalue weighted by molar-refractivity contribution is 0.341. The van der Waals surface area contributed by atoms with Crippen LogP contribution in [-0.2, 0) is 16.4 Å². The van der Waals surface area contributed by atoms with Gasteiger partial charge in [0.05, 0.1) is 22.8 Å². The summed E-state index contributed by atoms with van der Waals surface area (Å²) in [5.41, 5.74) is 0.914. The van der Waals surface area contributed by atoms with E-state index in [0.29, 0.717) is 41.4 Å². The molecule has 0 aliphatic rings. The number of ether oxygens (including phenoxy) is 1. The van der Waals surface area contributed by atoms with E-state index in [1.807, 2.05) is 6.92 Å². The highest BCUT2D eigenvalue weighted by molar-refractivity contribution is 7.89. The Kier molecular flexibility index (Phi) is 5.03. The lowest BCUT2D eigenvalue weighted by atomic mass is 10.3. The molecule has 0 saturated heterocycles. The van der Waals surface area contributed by atoms with Gasteiger partial charge in [0.15, 0.2) is 11.3 Å². The fraction of sp³-hybridized carbons (Fsp3) is 0.353. The number of sulfonamides is 1. The standard InChI is InChI=1S/C17H21N5O4S/c1-4-6-14-19-10(3)15-17(23)20-16(21-22(14)15)12-9-11(27(18,24)25)7-8-13(12)26-5-2/h7-9H,4-6H2,1-3H3,(H2,18,24,25)(H,20,21,23)/i16+2. The van der Waals surface area contributed by atoms with Gasteiger partial charge in [0.25, 0.3) is 5.56 Å².